The van der Waals surface area contributed by atoms with Gasteiger partial charge in [0, 0.05) is 25.1 Å². The number of hydrogen-bond acceptors (Lipinski definition) is 7. The topological polar surface area (TPSA) is 195 Å². The van der Waals surface area contributed by atoms with Gasteiger partial charge in [0.05, 0.1) is 7.11 Å². The number of rotatable bonds is 11. The van der Waals surface area contributed by atoms with E-state index in [1.165, 1.54) is 0 Å². The zero-order chi connectivity index (χ0) is 27.8. The van der Waals surface area contributed by atoms with Gasteiger partial charge in [-0.1, -0.05) is 54.6 Å². The van der Waals surface area contributed by atoms with Crippen LogP contribution in [0.25, 0.3) is 0 Å². The lowest BCUT2D eigenvalue weighted by Gasteiger charge is -2.26. The minimum atomic E-state index is -1.32. The number of methoxy groups -OCH3 is 1. The number of urea groups is 2. The third-order valence-corrected chi connectivity index (χ3v) is 5.86. The van der Waals surface area contributed by atoms with Crippen molar-refractivity contribution in [3.8, 4) is 0 Å². The van der Waals surface area contributed by atoms with E-state index in [0.717, 1.165) is 22.5 Å². The molecule has 1 heterocycles. The van der Waals surface area contributed by atoms with Crippen LogP contribution in [0.2, 0.25) is 0 Å². The molecule has 0 bridgehead atoms. The van der Waals surface area contributed by atoms with E-state index in [2.05, 4.69) is 10.6 Å². The Morgan fingerprint density at radius 1 is 1.16 bits per heavy atom. The fraction of sp³-hybridized carbons (Fsp3) is 0.280. The molecule has 13 heteroatoms. The standard InChI is InChI=1S/C25H28N6O7/c1-38-23(35)20(16-5-3-2-4-6-16)29-24(36)30(14-19(32)33)11-12-31-22(34)18(28-25(31)37)13-15-7-9-17(10-8-15)21(26)27/h2-10,18,20H,11-14H2,1H3,(H3,26,27)(H,28,37)(H,29,36)(H,32,33). The minimum Gasteiger partial charge on any atom is -0.480 e. The van der Waals surface area contributed by atoms with Crippen molar-refractivity contribution in [3.05, 3.63) is 71.3 Å². The number of nitrogens with two attached hydrogens (primary N) is 1. The fourth-order valence-electron chi connectivity index (χ4n) is 3.88. The van der Waals surface area contributed by atoms with Crippen LogP contribution >= 0.6 is 0 Å². The number of hydrogen-bond donors (Lipinski definition) is 5. The van der Waals surface area contributed by atoms with Crippen LogP contribution in [0, 0.1) is 5.41 Å². The summed E-state index contributed by atoms with van der Waals surface area (Å²) >= 11 is 0. The van der Waals surface area contributed by atoms with Crippen LogP contribution in [0.4, 0.5) is 9.59 Å². The second-order valence-electron chi connectivity index (χ2n) is 8.44. The lowest BCUT2D eigenvalue weighted by molar-refractivity contribution is -0.143. The van der Waals surface area contributed by atoms with Gasteiger partial charge in [0.2, 0.25) is 0 Å². The van der Waals surface area contributed by atoms with Gasteiger partial charge >= 0.3 is 24.0 Å². The molecule has 2 atom stereocenters. The van der Waals surface area contributed by atoms with Crippen molar-refractivity contribution in [2.45, 2.75) is 18.5 Å². The van der Waals surface area contributed by atoms with Crippen molar-refractivity contribution in [2.24, 2.45) is 5.73 Å². The van der Waals surface area contributed by atoms with E-state index in [1.54, 1.807) is 54.6 Å². The molecule has 13 nitrogen and oxygen atoms in total. The Labute approximate surface area is 218 Å². The lowest BCUT2D eigenvalue weighted by atomic mass is 10.0. The molecule has 0 radical (unpaired) electrons. The number of ether oxygens (including phenoxy) is 1. The first-order chi connectivity index (χ1) is 18.1. The van der Waals surface area contributed by atoms with Gasteiger partial charge in [-0.05, 0) is 11.1 Å². The van der Waals surface area contributed by atoms with E-state index >= 15 is 0 Å². The van der Waals surface area contributed by atoms with Crippen molar-refractivity contribution in [1.82, 2.24) is 20.4 Å². The fourth-order valence-corrected chi connectivity index (χ4v) is 3.88. The van der Waals surface area contributed by atoms with Gasteiger partial charge in [0.25, 0.3) is 5.91 Å². The molecule has 0 aromatic heterocycles. The van der Waals surface area contributed by atoms with Gasteiger partial charge in [-0.2, -0.15) is 0 Å². The highest BCUT2D eigenvalue weighted by Gasteiger charge is 2.38. The Kier molecular flexibility index (Phi) is 8.98. The normalized spacial score (nSPS) is 15.4. The number of carboxylic acid groups (broad SMARTS) is 1. The molecule has 1 saturated heterocycles. The minimum absolute atomic E-state index is 0.0930. The van der Waals surface area contributed by atoms with Crippen molar-refractivity contribution in [3.63, 3.8) is 0 Å². The smallest absolute Gasteiger partial charge is 0.333 e. The van der Waals surface area contributed by atoms with E-state index in [0.29, 0.717) is 11.1 Å². The van der Waals surface area contributed by atoms with E-state index < -0.39 is 48.5 Å². The molecule has 1 fully saturated rings. The molecule has 38 heavy (non-hydrogen) atoms. The van der Waals surface area contributed by atoms with Gasteiger partial charge in [0.15, 0.2) is 6.04 Å². The summed E-state index contributed by atoms with van der Waals surface area (Å²) in [5, 5.41) is 21.8. The lowest BCUT2D eigenvalue weighted by Crippen LogP contribution is -2.49. The van der Waals surface area contributed by atoms with E-state index in [4.69, 9.17) is 15.9 Å². The number of amidine groups is 1. The number of benzene rings is 2. The summed E-state index contributed by atoms with van der Waals surface area (Å²) in [5.41, 5.74) is 7.13. The molecular weight excluding hydrogens is 496 g/mol. The van der Waals surface area contributed by atoms with Gasteiger partial charge in [-0.3, -0.25) is 19.9 Å². The Hall–Kier alpha value is -4.94. The molecule has 3 rings (SSSR count). The summed E-state index contributed by atoms with van der Waals surface area (Å²) in [4.78, 5) is 63.8. The maximum Gasteiger partial charge on any atom is 0.333 e. The van der Waals surface area contributed by atoms with E-state index in [-0.39, 0.29) is 25.3 Å². The van der Waals surface area contributed by atoms with E-state index in [1.807, 2.05) is 0 Å². The summed E-state index contributed by atoms with van der Waals surface area (Å²) in [6.07, 6.45) is 0.191. The molecule has 2 unspecified atom stereocenters. The molecule has 2 aromatic rings. The van der Waals surface area contributed by atoms with Gasteiger partial charge in [0.1, 0.15) is 18.4 Å². The predicted octanol–water partition coefficient (Wildman–Crippen LogP) is 0.444. The zero-order valence-corrected chi connectivity index (χ0v) is 20.5. The third-order valence-electron chi connectivity index (χ3n) is 5.86. The summed E-state index contributed by atoms with van der Waals surface area (Å²) < 4.78 is 4.77. The first-order valence-electron chi connectivity index (χ1n) is 11.6. The number of nitrogens with zero attached hydrogens (tertiary/aromatic N) is 2. The summed E-state index contributed by atoms with van der Waals surface area (Å²) in [7, 11) is 1.16. The van der Waals surface area contributed by atoms with Crippen LogP contribution < -0.4 is 16.4 Å². The molecule has 0 aliphatic carbocycles. The number of imide groups is 1. The summed E-state index contributed by atoms with van der Waals surface area (Å²) in [6.45, 7) is -1.29. The highest BCUT2D eigenvalue weighted by molar-refractivity contribution is 6.04. The Morgan fingerprint density at radius 2 is 1.82 bits per heavy atom. The molecule has 2 aromatic carbocycles. The quantitative estimate of drug-likeness (QED) is 0.121. The van der Waals surface area contributed by atoms with Gasteiger partial charge in [-0.15, -0.1) is 0 Å². The average Bonchev–Trinajstić information content (AvgIpc) is 3.16. The third kappa shape index (κ3) is 6.84. The Bertz CT molecular complexity index is 1220. The van der Waals surface area contributed by atoms with Crippen molar-refractivity contribution < 1.29 is 33.8 Å². The number of carbonyl (C=O) groups is 5. The van der Waals surface area contributed by atoms with Crippen LogP contribution in [-0.2, 0) is 25.5 Å². The second kappa shape index (κ2) is 12.3. The number of nitrogens with one attached hydrogen (secondary N) is 3. The maximum atomic E-state index is 12.9. The number of amides is 5. The van der Waals surface area contributed by atoms with Crippen molar-refractivity contribution in [2.75, 3.05) is 26.7 Å². The van der Waals surface area contributed by atoms with Crippen LogP contribution in [0.15, 0.2) is 54.6 Å². The number of carboxylic acids is 1. The van der Waals surface area contributed by atoms with Crippen LogP contribution in [0.1, 0.15) is 22.7 Å². The molecule has 1 aliphatic heterocycles. The van der Waals surface area contributed by atoms with Crippen LogP contribution in [0.3, 0.4) is 0 Å². The Morgan fingerprint density at radius 3 is 2.39 bits per heavy atom. The number of nitrogen functional groups attached to an aromatic ring is 1. The molecular formula is C25H28N6O7. The second-order valence-corrected chi connectivity index (χ2v) is 8.44. The van der Waals surface area contributed by atoms with Gasteiger partial charge in [-0.25, -0.2) is 14.4 Å². The Balaban J connectivity index is 1.66. The van der Waals surface area contributed by atoms with Crippen molar-refractivity contribution >= 4 is 35.7 Å². The van der Waals surface area contributed by atoms with Crippen LogP contribution in [0.5, 0.6) is 0 Å². The number of carbonyl (C=O) groups excluding carboxylic acids is 4. The summed E-state index contributed by atoms with van der Waals surface area (Å²) in [6, 6.07) is 11.3. The maximum absolute atomic E-state index is 12.9. The largest absolute Gasteiger partial charge is 0.480 e. The van der Waals surface area contributed by atoms with Crippen molar-refractivity contribution in [1.29, 1.82) is 5.41 Å². The molecule has 0 saturated carbocycles. The summed E-state index contributed by atoms with van der Waals surface area (Å²) in [5.74, 6) is -2.70. The molecule has 1 aliphatic rings. The molecule has 200 valence electrons. The molecule has 0 spiro atoms. The molecule has 5 amide bonds. The first-order valence-corrected chi connectivity index (χ1v) is 11.6. The predicted molar refractivity (Wildman–Crippen MR) is 134 cm³/mol. The zero-order valence-electron chi connectivity index (χ0n) is 20.5. The SMILES string of the molecule is COC(=O)C(NC(=O)N(CCN1C(=O)NC(Cc2ccc(C(=N)N)cc2)C1=O)CC(=O)O)c1ccccc1. The van der Waals surface area contributed by atoms with Gasteiger partial charge < -0.3 is 31.1 Å². The van der Waals surface area contributed by atoms with Crippen LogP contribution in [-0.4, -0.2) is 83.4 Å². The van der Waals surface area contributed by atoms with E-state index in [9.17, 15) is 29.1 Å². The highest BCUT2D eigenvalue weighted by Crippen LogP contribution is 2.16. The first kappa shape index (κ1) is 27.6. The average molecular weight is 525 g/mol. The number of aliphatic carboxylic acids is 1. The number of esters is 1. The highest BCUT2D eigenvalue weighted by atomic mass is 16.5. The molecule has 6 N–H and O–H groups in total. The monoisotopic (exact) mass is 524 g/mol.